The number of pyridine rings is 1. The van der Waals surface area contributed by atoms with Crippen LogP contribution in [0.5, 0.6) is 0 Å². The molecule has 0 atom stereocenters. The first-order valence-corrected chi connectivity index (χ1v) is 10.8. The maximum atomic E-state index is 11.2. The van der Waals surface area contributed by atoms with Crippen LogP contribution in [-0.4, -0.2) is 44.1 Å². The summed E-state index contributed by atoms with van der Waals surface area (Å²) in [7, 11) is -4.15. The minimum atomic E-state index is -4.15. The molecule has 3 heterocycles. The number of nitrogens with two attached hydrogens (primary N) is 1. The van der Waals surface area contributed by atoms with E-state index in [0.29, 0.717) is 0 Å². The third kappa shape index (κ3) is 5.69. The molecular formula is C17H20Cl2N4O3S2. The highest BCUT2D eigenvalue weighted by atomic mass is 35.5. The van der Waals surface area contributed by atoms with Crippen molar-refractivity contribution in [2.24, 2.45) is 0 Å². The number of aromatic nitrogens is 1. The fraction of sp³-hybridized carbons (Fsp3) is 0.235. The zero-order valence-corrected chi connectivity index (χ0v) is 17.9. The molecule has 0 bridgehead atoms. The summed E-state index contributed by atoms with van der Waals surface area (Å²) >= 11 is 6.62. The van der Waals surface area contributed by atoms with Crippen molar-refractivity contribution < 1.29 is 13.0 Å². The maximum absolute atomic E-state index is 11.2. The largest absolute Gasteiger partial charge is 0.399 e. The number of nitrogen functional groups attached to an aromatic ring is 1. The number of nitrogens with zero attached hydrogens (tertiary/aromatic N) is 2. The van der Waals surface area contributed by atoms with E-state index in [1.165, 1.54) is 6.07 Å². The van der Waals surface area contributed by atoms with E-state index in [0.717, 1.165) is 64.1 Å². The molecular weight excluding hydrogens is 443 g/mol. The lowest BCUT2D eigenvalue weighted by atomic mass is 10.2. The lowest BCUT2D eigenvalue weighted by Crippen LogP contribution is -2.43. The Morgan fingerprint density at radius 2 is 1.82 bits per heavy atom. The highest BCUT2D eigenvalue weighted by Gasteiger charge is 2.19. The molecule has 2 aromatic heterocycles. The normalized spacial score (nSPS) is 14.1. The summed E-state index contributed by atoms with van der Waals surface area (Å²) in [6.45, 7) is 3.44. The molecule has 3 aromatic rings. The molecule has 1 saturated heterocycles. The number of hydrogen-bond acceptors (Lipinski definition) is 7. The predicted molar refractivity (Wildman–Crippen MR) is 118 cm³/mol. The van der Waals surface area contributed by atoms with Gasteiger partial charge in [-0.15, -0.1) is 23.7 Å². The van der Waals surface area contributed by atoms with Crippen LogP contribution >= 0.6 is 35.3 Å². The Bertz CT molecular complexity index is 1000. The number of fused-ring (bicyclic) bond motifs is 1. The van der Waals surface area contributed by atoms with Crippen LogP contribution < -0.4 is 16.0 Å². The van der Waals surface area contributed by atoms with Gasteiger partial charge in [-0.3, -0.25) is 4.55 Å². The second-order valence-corrected chi connectivity index (χ2v) is 9.04. The van der Waals surface area contributed by atoms with Crippen molar-refractivity contribution in [2.45, 2.75) is 4.21 Å². The summed E-state index contributed by atoms with van der Waals surface area (Å²) in [5.41, 5.74) is 6.11. The van der Waals surface area contributed by atoms with E-state index in [1.807, 2.05) is 0 Å². The van der Waals surface area contributed by atoms with Crippen molar-refractivity contribution in [1.29, 1.82) is 0 Å². The van der Waals surface area contributed by atoms with Gasteiger partial charge in [-0.25, -0.2) is 4.98 Å². The van der Waals surface area contributed by atoms with Gasteiger partial charge in [-0.2, -0.15) is 8.42 Å². The molecule has 11 heteroatoms. The van der Waals surface area contributed by atoms with Crippen LogP contribution in [0.1, 0.15) is 0 Å². The highest BCUT2D eigenvalue weighted by molar-refractivity contribution is 7.88. The van der Waals surface area contributed by atoms with Gasteiger partial charge in [0.05, 0.1) is 0 Å². The van der Waals surface area contributed by atoms with Crippen molar-refractivity contribution in [2.75, 3.05) is 36.8 Å². The standard InChI is InChI=1S/C11H13N3O3S2.C6H6ClN.ClH/c15-19(16,17)10-7-8-9(18-10)1-2-13-11(8)14-5-3-12-4-6-14;7-5-1-3-6(8)4-2-5;/h1-2,7,12H,3-6H2,(H,15,16,17);1-4H,8H2;1H. The average Bonchev–Trinajstić information content (AvgIpc) is 3.10. The first kappa shape index (κ1) is 22.7. The van der Waals surface area contributed by atoms with Crippen LogP contribution in [0.2, 0.25) is 5.02 Å². The Morgan fingerprint density at radius 3 is 2.39 bits per heavy atom. The smallest absolute Gasteiger partial charge is 0.304 e. The van der Waals surface area contributed by atoms with Crippen molar-refractivity contribution in [3.05, 3.63) is 47.6 Å². The number of thiophene rings is 1. The van der Waals surface area contributed by atoms with Crippen molar-refractivity contribution in [3.63, 3.8) is 0 Å². The topological polar surface area (TPSA) is 109 Å². The molecule has 0 saturated carbocycles. The SMILES string of the molecule is Cl.Nc1ccc(Cl)cc1.O=S(=O)(O)c1cc2c(N3CCNCC3)nccc2s1. The van der Waals surface area contributed by atoms with Crippen molar-refractivity contribution >= 4 is 67.1 Å². The Kier molecular flexibility index (Phi) is 7.87. The van der Waals surface area contributed by atoms with Crippen LogP contribution in [-0.2, 0) is 10.1 Å². The van der Waals surface area contributed by atoms with E-state index in [-0.39, 0.29) is 16.6 Å². The van der Waals surface area contributed by atoms with Gasteiger partial charge in [0.25, 0.3) is 0 Å². The van der Waals surface area contributed by atoms with Crippen molar-refractivity contribution in [1.82, 2.24) is 10.3 Å². The second-order valence-electron chi connectivity index (χ2n) is 5.88. The molecule has 1 aliphatic rings. The lowest BCUT2D eigenvalue weighted by Gasteiger charge is -2.28. The summed E-state index contributed by atoms with van der Waals surface area (Å²) in [5, 5.41) is 4.76. The first-order valence-electron chi connectivity index (χ1n) is 8.17. The number of rotatable bonds is 2. The fourth-order valence-corrected chi connectivity index (χ4v) is 4.51. The van der Waals surface area contributed by atoms with E-state index in [1.54, 1.807) is 36.5 Å². The monoisotopic (exact) mass is 462 g/mol. The van der Waals surface area contributed by atoms with E-state index in [2.05, 4.69) is 15.2 Å². The van der Waals surface area contributed by atoms with Gasteiger partial charge < -0.3 is 16.0 Å². The molecule has 1 fully saturated rings. The Labute approximate surface area is 178 Å². The summed E-state index contributed by atoms with van der Waals surface area (Å²) in [6, 6.07) is 10.3. The summed E-state index contributed by atoms with van der Waals surface area (Å²) in [4.78, 5) is 6.48. The van der Waals surface area contributed by atoms with E-state index in [9.17, 15) is 8.42 Å². The Hall–Kier alpha value is -1.62. The molecule has 4 rings (SSSR count). The van der Waals surface area contributed by atoms with Crippen LogP contribution in [0.4, 0.5) is 11.5 Å². The van der Waals surface area contributed by atoms with E-state index >= 15 is 0 Å². The molecule has 0 aliphatic carbocycles. The Morgan fingerprint density at radius 1 is 1.18 bits per heavy atom. The molecule has 28 heavy (non-hydrogen) atoms. The molecule has 4 N–H and O–H groups in total. The number of halogens is 2. The minimum Gasteiger partial charge on any atom is -0.399 e. The molecule has 0 spiro atoms. The van der Waals surface area contributed by atoms with Crippen LogP contribution in [0.3, 0.4) is 0 Å². The second kappa shape index (κ2) is 9.73. The quantitative estimate of drug-likeness (QED) is 0.395. The van der Waals surface area contributed by atoms with Gasteiger partial charge in [0.2, 0.25) is 0 Å². The van der Waals surface area contributed by atoms with E-state index < -0.39 is 10.1 Å². The third-order valence-corrected chi connectivity index (χ3v) is 6.60. The van der Waals surface area contributed by atoms with Crippen molar-refractivity contribution in [3.8, 4) is 0 Å². The number of hydrogen-bond donors (Lipinski definition) is 3. The molecule has 0 radical (unpaired) electrons. The molecule has 152 valence electrons. The highest BCUT2D eigenvalue weighted by Crippen LogP contribution is 2.34. The summed E-state index contributed by atoms with van der Waals surface area (Å²) < 4.78 is 32.3. The molecule has 1 aromatic carbocycles. The summed E-state index contributed by atoms with van der Waals surface area (Å²) in [6.07, 6.45) is 1.67. The minimum absolute atomic E-state index is 0. The van der Waals surface area contributed by atoms with Gasteiger partial charge in [0.15, 0.2) is 0 Å². The zero-order chi connectivity index (χ0) is 19.4. The zero-order valence-electron chi connectivity index (χ0n) is 14.7. The van der Waals surface area contributed by atoms with Crippen LogP contribution in [0.25, 0.3) is 10.1 Å². The Balaban J connectivity index is 0.000000264. The summed E-state index contributed by atoms with van der Waals surface area (Å²) in [5.74, 6) is 0.783. The molecule has 1 aliphatic heterocycles. The number of nitrogens with one attached hydrogen (secondary N) is 1. The van der Waals surface area contributed by atoms with Gasteiger partial charge in [0, 0.05) is 53.2 Å². The number of benzene rings is 1. The average molecular weight is 463 g/mol. The fourth-order valence-electron chi connectivity index (χ4n) is 2.64. The maximum Gasteiger partial charge on any atom is 0.304 e. The molecule has 7 nitrogen and oxygen atoms in total. The first-order chi connectivity index (χ1) is 12.8. The third-order valence-electron chi connectivity index (χ3n) is 3.94. The van der Waals surface area contributed by atoms with Crippen LogP contribution in [0.15, 0.2) is 46.8 Å². The predicted octanol–water partition coefficient (Wildman–Crippen LogP) is 3.30. The van der Waals surface area contributed by atoms with E-state index in [4.69, 9.17) is 21.9 Å². The van der Waals surface area contributed by atoms with Gasteiger partial charge >= 0.3 is 10.1 Å². The van der Waals surface area contributed by atoms with Crippen LogP contribution in [0, 0.1) is 0 Å². The molecule has 0 unspecified atom stereocenters. The van der Waals surface area contributed by atoms with Gasteiger partial charge in [-0.05, 0) is 36.4 Å². The number of anilines is 2. The molecule has 0 amide bonds. The number of piperazine rings is 1. The lowest BCUT2D eigenvalue weighted by molar-refractivity contribution is 0.485. The van der Waals surface area contributed by atoms with Gasteiger partial charge in [0.1, 0.15) is 10.0 Å². The van der Waals surface area contributed by atoms with Gasteiger partial charge in [-0.1, -0.05) is 11.6 Å².